The number of pyridine rings is 2. The van der Waals surface area contributed by atoms with Crippen LogP contribution in [0.5, 0.6) is 0 Å². The number of carbonyl (C=O) groups is 4. The van der Waals surface area contributed by atoms with Gasteiger partial charge in [-0.05, 0) is 165 Å². The Morgan fingerprint density at radius 3 is 1.28 bits per heavy atom. The molecule has 3 aliphatic rings. The molecular weight excluding hydrogens is 1350 g/mol. The average molecular weight is 1440 g/mol. The Balaban J connectivity index is 0.000000199. The number of likely N-dealkylation sites (N-methyl/N-ethyl adjacent to an activating group) is 1. The molecule has 13 rings (SSSR count). The zero-order chi connectivity index (χ0) is 73.3. The third kappa shape index (κ3) is 18.4. The molecule has 7 heterocycles. The number of carbonyl (C=O) groups excluding carboxylic acids is 4. The Hall–Kier alpha value is -9.97. The number of benzene rings is 6. The highest BCUT2D eigenvalue weighted by Crippen LogP contribution is 2.35. The lowest BCUT2D eigenvalue weighted by Gasteiger charge is -2.34. The number of rotatable bonds is 26. The minimum Gasteiger partial charge on any atom is -0.381 e. The van der Waals surface area contributed by atoms with E-state index in [1.54, 1.807) is 72.8 Å². The number of fused-ring (bicyclic) bond motifs is 2. The highest BCUT2D eigenvalue weighted by Gasteiger charge is 2.26. The van der Waals surface area contributed by atoms with E-state index >= 15 is 4.39 Å². The Bertz CT molecular complexity index is 4720. The van der Waals surface area contributed by atoms with Crippen molar-refractivity contribution >= 4 is 68.7 Å². The largest absolute Gasteiger partial charge is 0.381 e. The second-order valence-electron chi connectivity index (χ2n) is 26.8. The van der Waals surface area contributed by atoms with Gasteiger partial charge in [0.1, 0.15) is 11.6 Å². The summed E-state index contributed by atoms with van der Waals surface area (Å²) in [4.78, 5) is 68.5. The molecule has 0 spiro atoms. The maximum absolute atomic E-state index is 15.2. The number of piperazine rings is 1. The van der Waals surface area contributed by atoms with Gasteiger partial charge in [0.05, 0.1) is 34.5 Å². The number of ether oxygens (including phenoxy) is 2. The van der Waals surface area contributed by atoms with E-state index < -0.39 is 0 Å². The van der Waals surface area contributed by atoms with Gasteiger partial charge in [-0.2, -0.15) is 10.2 Å². The Labute approximate surface area is 617 Å². The van der Waals surface area contributed by atoms with Crippen LogP contribution in [0.1, 0.15) is 147 Å². The zero-order valence-electron chi connectivity index (χ0n) is 60.4. The lowest BCUT2D eigenvalue weighted by atomic mass is 10.00. The van der Waals surface area contributed by atoms with Crippen LogP contribution in [0.3, 0.4) is 0 Å². The normalized spacial score (nSPS) is 14.6. The van der Waals surface area contributed by atoms with E-state index in [0.717, 1.165) is 149 Å². The molecule has 3 saturated heterocycles. The molecule has 20 nitrogen and oxygen atoms in total. The molecule has 6 N–H and O–H groups in total. The molecule has 3 aliphatic heterocycles. The number of aryl methyl sites for hydroxylation is 4. The third-order valence-corrected chi connectivity index (χ3v) is 20.2. The number of nitrogens with zero attached hydrogens (tertiary/aromatic N) is 8. The number of amides is 4. The first-order valence-electron chi connectivity index (χ1n) is 36.7. The van der Waals surface area contributed by atoms with Gasteiger partial charge >= 0.3 is 0 Å². The molecule has 0 saturated carbocycles. The molecule has 0 aliphatic carbocycles. The second kappa shape index (κ2) is 35.7. The van der Waals surface area contributed by atoms with Crippen molar-refractivity contribution in [2.75, 3.05) is 69.8 Å². The molecule has 23 heteroatoms. The first-order chi connectivity index (χ1) is 51.2. The van der Waals surface area contributed by atoms with E-state index in [-0.39, 0.29) is 73.5 Å². The number of halogens is 3. The smallest absolute Gasteiger partial charge is 0.251 e. The number of nitrogens with one attached hydrogen (secondary N) is 6. The molecule has 3 fully saturated rings. The molecule has 4 aromatic heterocycles. The lowest BCUT2D eigenvalue weighted by Crippen LogP contribution is -2.45. The van der Waals surface area contributed by atoms with Gasteiger partial charge in [-0.15, -0.1) is 11.6 Å². The van der Waals surface area contributed by atoms with Gasteiger partial charge in [0.15, 0.2) is 11.3 Å². The van der Waals surface area contributed by atoms with Crippen LogP contribution in [0.4, 0.5) is 20.2 Å². The van der Waals surface area contributed by atoms with Gasteiger partial charge in [-0.1, -0.05) is 81.4 Å². The molecular formula is C82H93ClF2N14O6. The zero-order valence-corrected chi connectivity index (χ0v) is 61.2. The van der Waals surface area contributed by atoms with E-state index in [1.165, 1.54) is 12.1 Å². The predicted octanol–water partition coefficient (Wildman–Crippen LogP) is 13.4. The summed E-state index contributed by atoms with van der Waals surface area (Å²) in [7, 11) is 0. The summed E-state index contributed by atoms with van der Waals surface area (Å²) in [6, 6.07) is 39.0. The van der Waals surface area contributed by atoms with Crippen LogP contribution in [-0.2, 0) is 74.0 Å². The van der Waals surface area contributed by atoms with Crippen molar-refractivity contribution in [3.63, 3.8) is 0 Å². The van der Waals surface area contributed by atoms with Gasteiger partial charge in [-0.3, -0.25) is 24.1 Å². The van der Waals surface area contributed by atoms with Crippen molar-refractivity contribution in [2.24, 2.45) is 0 Å². The highest BCUT2D eigenvalue weighted by molar-refractivity contribution is 6.17. The van der Waals surface area contributed by atoms with E-state index in [1.807, 2.05) is 72.0 Å². The monoisotopic (exact) mass is 1440 g/mol. The summed E-state index contributed by atoms with van der Waals surface area (Å²) >= 11 is 5.97. The number of alkyl halides is 1. The molecule has 548 valence electrons. The van der Waals surface area contributed by atoms with Gasteiger partial charge in [0.2, 0.25) is 0 Å². The lowest BCUT2D eigenvalue weighted by molar-refractivity contribution is 0.0903. The topological polar surface area (TPSA) is 227 Å². The van der Waals surface area contributed by atoms with Crippen molar-refractivity contribution in [3.05, 3.63) is 225 Å². The molecule has 0 radical (unpaired) electrons. The van der Waals surface area contributed by atoms with Crippen LogP contribution in [0.15, 0.2) is 146 Å². The highest BCUT2D eigenvalue weighted by atomic mass is 35.5. The maximum atomic E-state index is 15.2. The summed E-state index contributed by atoms with van der Waals surface area (Å²) in [5, 5.41) is 30.5. The van der Waals surface area contributed by atoms with Crippen molar-refractivity contribution in [2.45, 2.75) is 137 Å². The maximum Gasteiger partial charge on any atom is 0.251 e. The van der Waals surface area contributed by atoms with Crippen molar-refractivity contribution in [3.8, 4) is 22.3 Å². The predicted molar refractivity (Wildman–Crippen MR) is 408 cm³/mol. The Morgan fingerprint density at radius 2 is 0.867 bits per heavy atom. The first kappa shape index (κ1) is 74.7. The van der Waals surface area contributed by atoms with E-state index in [4.69, 9.17) is 31.0 Å². The Morgan fingerprint density at radius 1 is 0.467 bits per heavy atom. The number of hydrogen-bond donors (Lipinski definition) is 6. The van der Waals surface area contributed by atoms with Crippen LogP contribution in [0, 0.1) is 11.6 Å². The van der Waals surface area contributed by atoms with Crippen LogP contribution >= 0.6 is 11.6 Å². The van der Waals surface area contributed by atoms with Crippen LogP contribution < -0.4 is 31.9 Å². The summed E-state index contributed by atoms with van der Waals surface area (Å²) in [6.07, 6.45) is 8.62. The van der Waals surface area contributed by atoms with Gasteiger partial charge in [0, 0.05) is 172 Å². The fourth-order valence-corrected chi connectivity index (χ4v) is 14.1. The minimum atomic E-state index is -0.357. The quantitative estimate of drug-likeness (QED) is 0.0277. The average Bonchev–Trinajstić information content (AvgIpc) is 1.67. The SMILES string of the molecule is CCc1nc2c(cnn2CC)c(NC2CCOCC2)c1CNC(=O)c1cccc(C(=O)NCc2ccc(F)c(-c3cccc(CCl)c3)c2)c1.CCc1nc2c(cnn2CC)c(NC2CCOCC2)c1CNC(=O)c1cccc(C(=O)NCc2ccc(F)c(-c3cccc(CN4CCN(CC)CC4)c3)c2)c1. The van der Waals surface area contributed by atoms with Crippen molar-refractivity contribution < 1.29 is 37.4 Å². The fourth-order valence-electron chi connectivity index (χ4n) is 13.9. The fraction of sp³-hybridized carbons (Fsp3) is 0.366. The number of hydrogen-bond acceptors (Lipinski definition) is 14. The van der Waals surface area contributed by atoms with Gasteiger partial charge in [0.25, 0.3) is 23.6 Å². The summed E-state index contributed by atoms with van der Waals surface area (Å²) in [5.41, 5.74) is 14.6. The second-order valence-corrected chi connectivity index (χ2v) is 27.0. The molecule has 6 aromatic carbocycles. The summed E-state index contributed by atoms with van der Waals surface area (Å²) in [5.74, 6) is -1.60. The third-order valence-electron chi connectivity index (χ3n) is 19.9. The molecule has 0 atom stereocenters. The van der Waals surface area contributed by atoms with Gasteiger partial charge < -0.3 is 46.3 Å². The van der Waals surface area contributed by atoms with E-state index in [0.29, 0.717) is 97.2 Å². The van der Waals surface area contributed by atoms with Crippen molar-refractivity contribution in [1.29, 1.82) is 0 Å². The van der Waals surface area contributed by atoms with Crippen molar-refractivity contribution in [1.82, 2.24) is 60.6 Å². The van der Waals surface area contributed by atoms with E-state index in [2.05, 4.69) is 84.8 Å². The molecule has 0 bridgehead atoms. The molecule has 4 amide bonds. The first-order valence-corrected chi connectivity index (χ1v) is 37.3. The summed E-state index contributed by atoms with van der Waals surface area (Å²) < 4.78 is 44.9. The number of aromatic nitrogens is 6. The molecule has 0 unspecified atom stereocenters. The number of anilines is 2. The molecule has 105 heavy (non-hydrogen) atoms. The van der Waals surface area contributed by atoms with Gasteiger partial charge in [-0.25, -0.2) is 28.1 Å². The Kier molecular flexibility index (Phi) is 25.4. The summed E-state index contributed by atoms with van der Waals surface area (Å²) in [6.45, 7) is 21.6. The van der Waals surface area contributed by atoms with Crippen LogP contribution in [0.2, 0.25) is 0 Å². The van der Waals surface area contributed by atoms with Crippen LogP contribution in [0.25, 0.3) is 44.3 Å². The minimum absolute atomic E-state index is 0.185. The molecule has 10 aromatic rings. The van der Waals surface area contributed by atoms with Crippen LogP contribution in [-0.4, -0.2) is 134 Å². The van der Waals surface area contributed by atoms with E-state index in [9.17, 15) is 23.6 Å². The standard InChI is InChI=1S/C44H53FN8O3.C38H40ClFN6O3/c1-4-40-37(41(49-35-15-21-56-22-16-35)38-28-48-53(6-3)42(38)50-40)27-47-44(55)34-12-8-11-33(25-34)43(54)46-26-30-13-14-39(45)36(24-30)32-10-7-9-31(23-32)29-52-19-17-51(5-2)18-20-52;1-3-34-31(35(44-29-13-15-49-16-14-29)32-23-43-46(4-2)36(32)45-34)22-42-38(48)28-10-6-9-27(19-28)37(47)41-21-25-11-12-33(40)30(18-25)26-8-5-7-24(17-26)20-39/h7-14,23-25,28,35H,4-6,15-22,26-27,29H2,1-3H3,(H,46,54)(H,47,55)(H,49,50);5-12,17-19,23,29H,3-4,13-16,20-22H2,1-2H3,(H,41,47)(H,42,48)(H,44,45).